The van der Waals surface area contributed by atoms with E-state index in [2.05, 4.69) is 9.72 Å². The first-order chi connectivity index (χ1) is 13.7. The van der Waals surface area contributed by atoms with Crippen LogP contribution in [0.4, 0.5) is 13.2 Å². The number of alkyl halides is 3. The largest absolute Gasteiger partial charge is 0.463 e. The topological polar surface area (TPSA) is 84.1 Å². The minimum atomic E-state index is -5.31. The van der Waals surface area contributed by atoms with Crippen molar-refractivity contribution in [3.8, 4) is 11.3 Å². The number of pyridine rings is 1. The van der Waals surface area contributed by atoms with E-state index in [0.29, 0.717) is 5.56 Å². The fraction of sp³-hybridized carbons (Fsp3) is 0.300. The summed E-state index contributed by atoms with van der Waals surface area (Å²) in [6.45, 7) is 2.98. The van der Waals surface area contributed by atoms with Gasteiger partial charge in [-0.05, 0) is 26.0 Å². The summed E-state index contributed by atoms with van der Waals surface area (Å²) in [5.74, 6) is -1.80. The van der Waals surface area contributed by atoms with Gasteiger partial charge < -0.3 is 14.9 Å². The molecule has 2 aromatic heterocycles. The molecule has 2 N–H and O–H groups in total. The van der Waals surface area contributed by atoms with Gasteiger partial charge in [0.1, 0.15) is 11.3 Å². The molecule has 6 nitrogen and oxygen atoms in total. The Labute approximate surface area is 165 Å². The number of imidazole rings is 1. The minimum Gasteiger partial charge on any atom is -0.463 e. The molecule has 3 aromatic rings. The highest BCUT2D eigenvalue weighted by Crippen LogP contribution is 2.44. The van der Waals surface area contributed by atoms with Crippen molar-refractivity contribution >= 4 is 11.6 Å². The van der Waals surface area contributed by atoms with Crippen molar-refractivity contribution in [2.75, 3.05) is 13.2 Å². The van der Waals surface area contributed by atoms with Gasteiger partial charge in [0.15, 0.2) is 0 Å². The van der Waals surface area contributed by atoms with Crippen molar-refractivity contribution in [3.05, 3.63) is 60.4 Å². The quantitative estimate of drug-likeness (QED) is 0.645. The molecular weight excluding hydrogens is 389 g/mol. The first kappa shape index (κ1) is 22.4. The van der Waals surface area contributed by atoms with Gasteiger partial charge in [-0.3, -0.25) is 4.40 Å². The molecule has 29 heavy (non-hydrogen) atoms. The Morgan fingerprint density at radius 1 is 1.10 bits per heavy atom. The molecule has 0 unspecified atom stereocenters. The monoisotopic (exact) mass is 410 g/mol. The van der Waals surface area contributed by atoms with E-state index in [-0.39, 0.29) is 24.6 Å². The number of hydrogen-bond acceptors (Lipinski definition) is 5. The third-order valence-corrected chi connectivity index (χ3v) is 3.90. The maximum atomic E-state index is 13.9. The van der Waals surface area contributed by atoms with E-state index < -0.39 is 23.4 Å². The van der Waals surface area contributed by atoms with Crippen LogP contribution in [0.3, 0.4) is 0 Å². The number of nitrogens with zero attached hydrogens (tertiary/aromatic N) is 2. The summed E-state index contributed by atoms with van der Waals surface area (Å²) in [4.78, 5) is 16.4. The molecule has 156 valence electrons. The lowest BCUT2D eigenvalue weighted by molar-refractivity contribution is -0.269. The molecule has 0 aliphatic carbocycles. The van der Waals surface area contributed by atoms with E-state index in [9.17, 15) is 23.1 Å². The van der Waals surface area contributed by atoms with Gasteiger partial charge in [-0.1, -0.05) is 36.4 Å². The Morgan fingerprint density at radius 2 is 1.69 bits per heavy atom. The summed E-state index contributed by atoms with van der Waals surface area (Å²) in [5, 5.41) is 18.2. The lowest BCUT2D eigenvalue weighted by Gasteiger charge is -2.28. The second-order valence-corrected chi connectivity index (χ2v) is 5.85. The lowest BCUT2D eigenvalue weighted by atomic mass is 9.94. The van der Waals surface area contributed by atoms with Gasteiger partial charge in [-0.25, -0.2) is 9.78 Å². The molecule has 0 aliphatic heterocycles. The number of ether oxygens (including phenoxy) is 1. The Hall–Kier alpha value is -2.91. The number of rotatable bonds is 4. The van der Waals surface area contributed by atoms with E-state index >= 15 is 0 Å². The summed E-state index contributed by atoms with van der Waals surface area (Å²) >= 11 is 0. The number of aliphatic hydroxyl groups excluding tert-OH is 1. The van der Waals surface area contributed by atoms with E-state index in [0.717, 1.165) is 4.40 Å². The molecule has 0 spiro atoms. The van der Waals surface area contributed by atoms with Gasteiger partial charge in [0.25, 0.3) is 0 Å². The number of carbonyl (C=O) groups is 1. The molecule has 3 rings (SSSR count). The number of aliphatic hydroxyl groups is 2. The van der Waals surface area contributed by atoms with E-state index in [1.807, 2.05) is 0 Å². The molecule has 0 saturated carbocycles. The van der Waals surface area contributed by atoms with Gasteiger partial charge in [-0.15, -0.1) is 0 Å². The number of halogens is 3. The highest BCUT2D eigenvalue weighted by molar-refractivity contribution is 5.85. The fourth-order valence-corrected chi connectivity index (χ4v) is 2.72. The van der Waals surface area contributed by atoms with Crippen LogP contribution in [-0.2, 0) is 15.1 Å². The molecule has 0 fully saturated rings. The number of esters is 1. The summed E-state index contributed by atoms with van der Waals surface area (Å²) in [7, 11) is 0. The first-order valence-electron chi connectivity index (χ1n) is 8.82. The number of fused-ring (bicyclic) bond motifs is 1. The normalized spacial score (nSPS) is 13.3. The molecule has 0 saturated heterocycles. The second kappa shape index (κ2) is 9.06. The molecule has 1 atom stereocenters. The summed E-state index contributed by atoms with van der Waals surface area (Å²) in [5.41, 5.74) is -4.23. The SMILES string of the molecule is CCO.CCOC(=O)[C@@](O)(c1c(-c2ccccc2)nc2ccccn12)C(F)(F)F. The van der Waals surface area contributed by atoms with Crippen LogP contribution < -0.4 is 0 Å². The van der Waals surface area contributed by atoms with Crippen molar-refractivity contribution in [1.29, 1.82) is 0 Å². The summed E-state index contributed by atoms with van der Waals surface area (Å²) in [6.07, 6.45) is -4.01. The molecule has 0 bridgehead atoms. The number of benzene rings is 1. The highest BCUT2D eigenvalue weighted by Gasteiger charge is 2.65. The fourth-order valence-electron chi connectivity index (χ4n) is 2.72. The molecule has 0 radical (unpaired) electrons. The van der Waals surface area contributed by atoms with Gasteiger partial charge in [0.2, 0.25) is 0 Å². The molecule has 0 amide bonds. The van der Waals surface area contributed by atoms with Gasteiger partial charge in [-0.2, -0.15) is 13.2 Å². The maximum absolute atomic E-state index is 13.9. The van der Waals surface area contributed by atoms with Crippen LogP contribution in [0.2, 0.25) is 0 Å². The van der Waals surface area contributed by atoms with Gasteiger partial charge >= 0.3 is 17.7 Å². The van der Waals surface area contributed by atoms with Gasteiger partial charge in [0, 0.05) is 18.4 Å². The molecule has 1 aromatic carbocycles. The van der Waals surface area contributed by atoms with E-state index in [4.69, 9.17) is 5.11 Å². The van der Waals surface area contributed by atoms with Crippen LogP contribution in [0.1, 0.15) is 19.5 Å². The Bertz CT molecular complexity index is 957. The number of carbonyl (C=O) groups excluding carboxylic acids is 1. The first-order valence-corrected chi connectivity index (χ1v) is 8.82. The second-order valence-electron chi connectivity index (χ2n) is 5.85. The average molecular weight is 410 g/mol. The molecular formula is C20H21F3N2O4. The smallest absolute Gasteiger partial charge is 0.434 e. The summed E-state index contributed by atoms with van der Waals surface area (Å²) < 4.78 is 47.2. The maximum Gasteiger partial charge on any atom is 0.434 e. The Balaban J connectivity index is 0.000000941. The van der Waals surface area contributed by atoms with Crippen molar-refractivity contribution in [1.82, 2.24) is 9.38 Å². The molecule has 9 heteroatoms. The molecule has 0 aliphatic rings. The Kier molecular flexibility index (Phi) is 6.99. The van der Waals surface area contributed by atoms with Gasteiger partial charge in [0.05, 0.1) is 12.3 Å². The minimum absolute atomic E-state index is 0.148. The van der Waals surface area contributed by atoms with Crippen molar-refractivity contribution in [2.24, 2.45) is 0 Å². The predicted molar refractivity (Wildman–Crippen MR) is 100.0 cm³/mol. The van der Waals surface area contributed by atoms with Crippen LogP contribution in [0.25, 0.3) is 16.9 Å². The van der Waals surface area contributed by atoms with Crippen molar-refractivity contribution in [2.45, 2.75) is 25.6 Å². The average Bonchev–Trinajstić information content (AvgIpc) is 3.08. The predicted octanol–water partition coefficient (Wildman–Crippen LogP) is 3.31. The zero-order valence-corrected chi connectivity index (χ0v) is 15.8. The van der Waals surface area contributed by atoms with Crippen LogP contribution in [-0.4, -0.2) is 45.0 Å². The van der Waals surface area contributed by atoms with E-state index in [1.165, 1.54) is 25.3 Å². The van der Waals surface area contributed by atoms with E-state index in [1.54, 1.807) is 43.3 Å². The highest BCUT2D eigenvalue weighted by atomic mass is 19.4. The number of aromatic nitrogens is 2. The standard InChI is InChI=1S/C18H15F3N2O3.C2H6O/c1-2-26-16(24)17(25,18(19,20)21)15-14(12-8-4-3-5-9-12)22-13-10-6-7-11-23(13)15;1-2-3/h3-11,25H,2H2,1H3;3H,2H2,1H3/t17-;/m0./s1. The van der Waals surface area contributed by atoms with Crippen molar-refractivity contribution in [3.63, 3.8) is 0 Å². The molecule has 2 heterocycles. The summed E-state index contributed by atoms with van der Waals surface area (Å²) in [6, 6.07) is 12.6. The third kappa shape index (κ3) is 4.25. The lowest BCUT2D eigenvalue weighted by Crippen LogP contribution is -2.51. The van der Waals surface area contributed by atoms with Crippen LogP contribution >= 0.6 is 0 Å². The zero-order valence-electron chi connectivity index (χ0n) is 15.8. The number of hydrogen-bond donors (Lipinski definition) is 2. The van der Waals surface area contributed by atoms with Crippen LogP contribution in [0.5, 0.6) is 0 Å². The third-order valence-electron chi connectivity index (χ3n) is 3.90. The van der Waals surface area contributed by atoms with Crippen LogP contribution in [0, 0.1) is 0 Å². The van der Waals surface area contributed by atoms with Crippen molar-refractivity contribution < 1.29 is 32.9 Å². The Morgan fingerprint density at radius 3 is 2.24 bits per heavy atom. The zero-order chi connectivity index (χ0) is 21.7. The van der Waals surface area contributed by atoms with Crippen LogP contribution in [0.15, 0.2) is 54.7 Å².